The number of nitrogens with one attached hydrogen (secondary N) is 10. The minimum atomic E-state index is -1.70. The van der Waals surface area contributed by atoms with Gasteiger partial charge in [0.1, 0.15) is 84.6 Å². The van der Waals surface area contributed by atoms with Crippen molar-refractivity contribution in [2.24, 2.45) is 23.3 Å². The normalized spacial score (nSPS) is 26.8. The van der Waals surface area contributed by atoms with Gasteiger partial charge in [-0.25, -0.2) is 0 Å². The first-order valence-corrected chi connectivity index (χ1v) is 44.1. The van der Waals surface area contributed by atoms with Gasteiger partial charge in [-0.2, -0.15) is 0 Å². The van der Waals surface area contributed by atoms with E-state index in [2.05, 4.69) is 53.2 Å². The zero-order valence-electron chi connectivity index (χ0n) is 74.4. The third-order valence-electron chi connectivity index (χ3n) is 23.8. The highest BCUT2D eigenvalue weighted by Gasteiger charge is 2.48. The van der Waals surface area contributed by atoms with Gasteiger partial charge >= 0.3 is 0 Å². The second-order valence-corrected chi connectivity index (χ2v) is 35.8. The lowest BCUT2D eigenvalue weighted by Crippen LogP contribution is -2.64. The maximum Gasteiger partial charge on any atom is 0.246 e. The quantitative estimate of drug-likeness (QED) is 0.0602. The highest BCUT2D eigenvalue weighted by molar-refractivity contribution is 6.03. The van der Waals surface area contributed by atoms with E-state index in [1.165, 1.54) is 19.6 Å². The summed E-state index contributed by atoms with van der Waals surface area (Å²) in [7, 11) is 0. The first kappa shape index (κ1) is 98.1. The SMILES string of the molecule is CC[C@H](C)[C@@H]1NC(=O)[C@H]([C@@H](C)OC(C)(C)C)NC(=O)[C@H](Cc2ccccc2)NC(=O)[C@@H]2CCCN2C(=O)[C@H](CC(N)=O)NC(=O)[C@@H]2CCCN2C(=O)[C@H](Cc2ccccc2)NC(=O)[C@H]([C@@H](C)CC)NC(=O)[C@H]([C@@H](C)OC(C)(C)C)NC(=O)[C@H](Cc2ccccc2)NC(=O)[C@@H]2CCCN2C(=O)[C@H](CC(N)=O)NC(=O)[C@@H]2CCCN2C(=O)[C@H](Cc2ccccc2)NC1=O. The van der Waals surface area contributed by atoms with E-state index in [-0.39, 0.29) is 116 Å². The average molecular weight is 1750 g/mol. The second kappa shape index (κ2) is 45.0. The van der Waals surface area contributed by atoms with Gasteiger partial charge in [-0.05, 0) is 141 Å². The van der Waals surface area contributed by atoms with E-state index in [1.807, 2.05) is 0 Å². The van der Waals surface area contributed by atoms with Gasteiger partial charge in [0, 0.05) is 51.9 Å². The summed E-state index contributed by atoms with van der Waals surface area (Å²) in [5.41, 5.74) is 12.1. The lowest BCUT2D eigenvalue weighted by molar-refractivity contribution is -0.146. The molecule has 0 radical (unpaired) electrons. The number of nitrogens with zero attached hydrogens (tertiary/aromatic N) is 4. The van der Waals surface area contributed by atoms with E-state index >= 15 is 57.5 Å². The van der Waals surface area contributed by atoms with Crippen LogP contribution in [0, 0.1) is 11.8 Å². The average Bonchev–Trinajstić information content (AvgIpc) is 1.59. The summed E-state index contributed by atoms with van der Waals surface area (Å²) in [6.07, 6.45) is -2.68. The number of rotatable bonds is 20. The lowest BCUT2D eigenvalue weighted by Gasteiger charge is -2.35. The van der Waals surface area contributed by atoms with Gasteiger partial charge in [-0.15, -0.1) is 0 Å². The molecule has 0 saturated carbocycles. The number of carbonyl (C=O) groups excluding carboxylic acids is 16. The van der Waals surface area contributed by atoms with Gasteiger partial charge in [0.15, 0.2) is 0 Å². The standard InChI is InChI=1S/C92H128N16O18/c1-13-53(3)73-83(117)99-63(49-59-35-23-17-24-36-59)87(121)105-43-29-41-69(105)81(115)97-65(51-71(93)109)89(123)108-46-28-40-68(108)80(114)96-62(48-58-33-21-16-22-34-58)78(112)104-76(56(6)126-92(10,11)12)86(120)102-74(54(4)14-2)84(118)100-64(50-60-37-25-18-26-38-60)88(122)106-44-30-42-70(106)82(116)98-66(52-72(94)110)90(124)107-45-27-39-67(107)79(113)95-61(47-57-31-19-15-20-32-57)77(111)103-75(85(119)101-73)55(5)125-91(7,8)9/h15-26,31-38,53-56,61-70,73-76H,13-14,27-30,39-52H2,1-12H3,(H2,93,109)(H2,94,110)(H,95,113)(H,96,114)(H,97,115)(H,98,116)(H,99,117)(H,100,118)(H,101,119)(H,102,120)(H,103,111)(H,104,112)/t53-,54-,55+,56+,61-,62-,63-,64-,65-,66-,67-,68-,69-,70-,73-,74-,75-,76-/m0/s1. The Balaban J connectivity index is 1.11. The number of amides is 16. The molecule has 0 unspecified atom stereocenters. The van der Waals surface area contributed by atoms with E-state index < -0.39 is 227 Å². The number of carbonyl (C=O) groups is 16. The molecular weight excluding hydrogens is 1620 g/mol. The number of ether oxygens (including phenoxy) is 2. The predicted molar refractivity (Wildman–Crippen MR) is 466 cm³/mol. The second-order valence-electron chi connectivity index (χ2n) is 35.8. The molecule has 18 atom stereocenters. The summed E-state index contributed by atoms with van der Waals surface area (Å²) in [5.74, 6) is -15.2. The van der Waals surface area contributed by atoms with Crippen molar-refractivity contribution in [1.29, 1.82) is 0 Å². The fraction of sp³-hybridized carbons (Fsp3) is 0.565. The Bertz CT molecular complexity index is 4230. The van der Waals surface area contributed by atoms with Gasteiger partial charge in [0.2, 0.25) is 94.5 Å². The molecule has 34 nitrogen and oxygen atoms in total. The summed E-state index contributed by atoms with van der Waals surface area (Å²) in [6, 6.07) is 14.0. The number of primary amides is 2. The number of hydrogen-bond acceptors (Lipinski definition) is 18. The van der Waals surface area contributed by atoms with E-state index in [9.17, 15) is 19.2 Å². The summed E-state index contributed by atoms with van der Waals surface area (Å²) < 4.78 is 12.8. The Hall–Kier alpha value is -11.7. The van der Waals surface area contributed by atoms with Crippen molar-refractivity contribution in [3.8, 4) is 0 Å². The number of nitrogens with two attached hydrogens (primary N) is 2. The summed E-state index contributed by atoms with van der Waals surface area (Å²) in [6.45, 7) is 20.2. The first-order valence-electron chi connectivity index (χ1n) is 44.1. The lowest BCUT2D eigenvalue weighted by atomic mass is 9.96. The van der Waals surface area contributed by atoms with Crippen LogP contribution in [0.1, 0.15) is 182 Å². The van der Waals surface area contributed by atoms with Crippen LogP contribution in [-0.2, 0) is 112 Å². The molecule has 684 valence electrons. The molecular formula is C92H128N16O18. The van der Waals surface area contributed by atoms with Crippen LogP contribution in [0.5, 0.6) is 0 Å². The van der Waals surface area contributed by atoms with Gasteiger partial charge < -0.3 is 93.7 Å². The van der Waals surface area contributed by atoms with Crippen molar-refractivity contribution < 1.29 is 86.2 Å². The fourth-order valence-corrected chi connectivity index (χ4v) is 17.1. The van der Waals surface area contributed by atoms with Crippen molar-refractivity contribution in [2.75, 3.05) is 26.2 Å². The fourth-order valence-electron chi connectivity index (χ4n) is 17.1. The molecule has 4 aromatic rings. The largest absolute Gasteiger partial charge is 0.370 e. The van der Waals surface area contributed by atoms with Crippen LogP contribution in [0.4, 0.5) is 0 Å². The van der Waals surface area contributed by atoms with Crippen LogP contribution >= 0.6 is 0 Å². The molecule has 0 aliphatic carbocycles. The zero-order chi connectivity index (χ0) is 92.0. The first-order chi connectivity index (χ1) is 59.7. The van der Waals surface area contributed by atoms with Crippen LogP contribution in [0.25, 0.3) is 0 Å². The molecule has 0 aromatic heterocycles. The molecule has 5 aliphatic rings. The molecule has 14 N–H and O–H groups in total. The predicted octanol–water partition coefficient (Wildman–Crippen LogP) is 2.03. The molecule has 5 fully saturated rings. The van der Waals surface area contributed by atoms with Gasteiger partial charge in [0.05, 0.1) is 36.3 Å². The Morgan fingerprint density at radius 2 is 0.548 bits per heavy atom. The Morgan fingerprint density at radius 3 is 0.794 bits per heavy atom. The molecule has 0 bridgehead atoms. The highest BCUT2D eigenvalue weighted by Crippen LogP contribution is 2.28. The van der Waals surface area contributed by atoms with Crippen molar-refractivity contribution in [3.63, 3.8) is 0 Å². The molecule has 34 heteroatoms. The van der Waals surface area contributed by atoms with Crippen molar-refractivity contribution in [1.82, 2.24) is 72.8 Å². The van der Waals surface area contributed by atoms with Crippen molar-refractivity contribution >= 4 is 94.5 Å². The minimum Gasteiger partial charge on any atom is -0.370 e. The maximum absolute atomic E-state index is 15.5. The van der Waals surface area contributed by atoms with Crippen molar-refractivity contribution in [3.05, 3.63) is 144 Å². The zero-order valence-corrected chi connectivity index (χ0v) is 74.4. The molecule has 0 spiro atoms. The maximum atomic E-state index is 15.5. The number of fused-ring (bicyclic) bond motifs is 4. The van der Waals surface area contributed by atoms with Crippen LogP contribution in [0.3, 0.4) is 0 Å². The molecule has 126 heavy (non-hydrogen) atoms. The summed E-state index contributed by atoms with van der Waals surface area (Å²) in [5, 5.41) is 28.1. The third kappa shape index (κ3) is 27.2. The summed E-state index contributed by atoms with van der Waals surface area (Å²) in [4.78, 5) is 245. The molecule has 9 rings (SSSR count). The van der Waals surface area contributed by atoms with E-state index in [0.717, 1.165) is 0 Å². The van der Waals surface area contributed by atoms with Gasteiger partial charge in [-0.1, -0.05) is 162 Å². The van der Waals surface area contributed by atoms with Crippen LogP contribution in [0.2, 0.25) is 0 Å². The van der Waals surface area contributed by atoms with Crippen LogP contribution < -0.4 is 64.6 Å². The highest BCUT2D eigenvalue weighted by atomic mass is 16.5. The van der Waals surface area contributed by atoms with Crippen LogP contribution in [-0.4, -0.2) is 248 Å². The molecule has 16 amide bonds. The number of hydrogen-bond donors (Lipinski definition) is 12. The molecule has 4 aromatic carbocycles. The minimum absolute atomic E-state index is 0.0147. The Labute approximate surface area is 736 Å². The van der Waals surface area contributed by atoms with E-state index in [0.29, 0.717) is 22.3 Å². The van der Waals surface area contributed by atoms with E-state index in [1.54, 1.807) is 204 Å². The smallest absolute Gasteiger partial charge is 0.246 e. The van der Waals surface area contributed by atoms with Crippen LogP contribution in [0.15, 0.2) is 121 Å². The van der Waals surface area contributed by atoms with Gasteiger partial charge in [0.25, 0.3) is 0 Å². The molecule has 5 aliphatic heterocycles. The number of benzene rings is 4. The Morgan fingerprint density at radius 1 is 0.325 bits per heavy atom. The van der Waals surface area contributed by atoms with Crippen molar-refractivity contribution in [2.45, 2.75) is 294 Å². The molecule has 5 heterocycles. The topological polar surface area (TPSA) is 477 Å². The van der Waals surface area contributed by atoms with E-state index in [4.69, 9.17) is 20.9 Å². The molecule has 5 saturated heterocycles. The van der Waals surface area contributed by atoms with Gasteiger partial charge in [-0.3, -0.25) is 76.7 Å². The third-order valence-corrected chi connectivity index (χ3v) is 23.8. The summed E-state index contributed by atoms with van der Waals surface area (Å²) >= 11 is 0. The Kier molecular flexibility index (Phi) is 35.0. The monoisotopic (exact) mass is 1740 g/mol.